The molecule has 3 aromatic rings. The Balaban J connectivity index is 1.64. The van der Waals surface area contributed by atoms with E-state index in [0.717, 1.165) is 36.0 Å². The highest BCUT2D eigenvalue weighted by molar-refractivity contribution is 7.90. The quantitative estimate of drug-likeness (QED) is 0.524. The first-order chi connectivity index (χ1) is 15.3. The predicted molar refractivity (Wildman–Crippen MR) is 127 cm³/mol. The summed E-state index contributed by atoms with van der Waals surface area (Å²) >= 11 is 1.51. The number of hydrogen-bond acceptors (Lipinski definition) is 7. The summed E-state index contributed by atoms with van der Waals surface area (Å²) in [6.45, 7) is 6.39. The van der Waals surface area contributed by atoms with Crippen molar-refractivity contribution in [2.45, 2.75) is 18.2 Å². The van der Waals surface area contributed by atoms with Gasteiger partial charge in [-0.2, -0.15) is 0 Å². The summed E-state index contributed by atoms with van der Waals surface area (Å²) in [7, 11) is -3.32. The van der Waals surface area contributed by atoms with Crippen molar-refractivity contribution in [1.82, 2.24) is 9.88 Å². The van der Waals surface area contributed by atoms with Gasteiger partial charge in [0.2, 0.25) is 0 Å². The smallest absolute Gasteiger partial charge is 0.260 e. The molecular weight excluding hydrogens is 446 g/mol. The van der Waals surface area contributed by atoms with Crippen LogP contribution in [0.1, 0.15) is 22.8 Å². The van der Waals surface area contributed by atoms with Crippen molar-refractivity contribution in [2.75, 3.05) is 50.5 Å². The molecule has 0 spiro atoms. The molecule has 170 valence electrons. The van der Waals surface area contributed by atoms with Crippen LogP contribution in [0, 0.1) is 0 Å². The van der Waals surface area contributed by atoms with Gasteiger partial charge in [0.05, 0.1) is 28.3 Å². The van der Waals surface area contributed by atoms with E-state index in [2.05, 4.69) is 24.0 Å². The summed E-state index contributed by atoms with van der Waals surface area (Å²) < 4.78 is 30.0. The molecule has 0 atom stereocenters. The highest BCUT2D eigenvalue weighted by atomic mass is 32.2. The lowest BCUT2D eigenvalue weighted by Gasteiger charge is -2.29. The third-order valence-corrected chi connectivity index (χ3v) is 7.77. The topological polar surface area (TPSA) is 79.8 Å². The monoisotopic (exact) mass is 473 g/mol. The number of fused-ring (bicyclic) bond motifs is 1. The first kappa shape index (κ1) is 22.8. The minimum Gasteiger partial charge on any atom is -0.379 e. The first-order valence-corrected chi connectivity index (χ1v) is 13.4. The Morgan fingerprint density at radius 2 is 1.88 bits per heavy atom. The van der Waals surface area contributed by atoms with Crippen molar-refractivity contribution in [2.24, 2.45) is 0 Å². The van der Waals surface area contributed by atoms with Crippen molar-refractivity contribution < 1.29 is 17.9 Å². The molecule has 2 heterocycles. The number of carbonyl (C=O) groups is 1. The van der Waals surface area contributed by atoms with Crippen molar-refractivity contribution in [3.8, 4) is 0 Å². The lowest BCUT2D eigenvalue weighted by atomic mass is 10.2. The lowest BCUT2D eigenvalue weighted by Crippen LogP contribution is -2.43. The van der Waals surface area contributed by atoms with Crippen LogP contribution < -0.4 is 4.90 Å². The normalized spacial score (nSPS) is 15.2. The van der Waals surface area contributed by atoms with Crippen LogP contribution in [0.5, 0.6) is 0 Å². The molecule has 0 radical (unpaired) electrons. The van der Waals surface area contributed by atoms with E-state index in [0.29, 0.717) is 37.0 Å². The Morgan fingerprint density at radius 1 is 1.16 bits per heavy atom. The minimum atomic E-state index is -3.32. The Morgan fingerprint density at radius 3 is 2.53 bits per heavy atom. The van der Waals surface area contributed by atoms with Gasteiger partial charge in [-0.15, -0.1) is 0 Å². The minimum absolute atomic E-state index is 0.187. The average molecular weight is 474 g/mol. The molecule has 0 aliphatic carbocycles. The summed E-state index contributed by atoms with van der Waals surface area (Å²) in [4.78, 5) is 22.4. The third-order valence-electron chi connectivity index (χ3n) is 5.60. The Labute approximate surface area is 192 Å². The van der Waals surface area contributed by atoms with Crippen LogP contribution in [0.2, 0.25) is 0 Å². The number of ether oxygens (including phenoxy) is 1. The van der Waals surface area contributed by atoms with E-state index in [1.165, 1.54) is 29.0 Å². The molecule has 1 amide bonds. The zero-order chi connectivity index (χ0) is 22.7. The molecule has 32 heavy (non-hydrogen) atoms. The number of aryl methyl sites for hydroxylation is 1. The van der Waals surface area contributed by atoms with E-state index in [-0.39, 0.29) is 10.8 Å². The van der Waals surface area contributed by atoms with Crippen LogP contribution in [-0.4, -0.2) is 69.9 Å². The number of amides is 1. The number of sulfone groups is 1. The van der Waals surface area contributed by atoms with Gasteiger partial charge in [0.1, 0.15) is 0 Å². The Hall–Kier alpha value is -2.33. The fourth-order valence-electron chi connectivity index (χ4n) is 3.64. The first-order valence-electron chi connectivity index (χ1n) is 10.7. The van der Waals surface area contributed by atoms with Crippen LogP contribution in [0.3, 0.4) is 0 Å². The number of hydrogen-bond donors (Lipinski definition) is 0. The van der Waals surface area contributed by atoms with Gasteiger partial charge >= 0.3 is 0 Å². The van der Waals surface area contributed by atoms with Gasteiger partial charge in [-0.1, -0.05) is 24.3 Å². The van der Waals surface area contributed by atoms with Crippen molar-refractivity contribution >= 4 is 42.4 Å². The highest BCUT2D eigenvalue weighted by Crippen LogP contribution is 2.31. The summed E-state index contributed by atoms with van der Waals surface area (Å²) in [6.07, 6.45) is 2.10. The second-order valence-electron chi connectivity index (χ2n) is 7.86. The molecule has 1 fully saturated rings. The van der Waals surface area contributed by atoms with Gasteiger partial charge in [0.15, 0.2) is 15.0 Å². The van der Waals surface area contributed by atoms with Crippen LogP contribution in [-0.2, 0) is 21.0 Å². The van der Waals surface area contributed by atoms with Crippen molar-refractivity contribution in [1.29, 1.82) is 0 Å². The second-order valence-corrected chi connectivity index (χ2v) is 10.9. The van der Waals surface area contributed by atoms with E-state index in [4.69, 9.17) is 9.72 Å². The molecule has 2 aromatic carbocycles. The average Bonchev–Trinajstić information content (AvgIpc) is 3.22. The number of carbonyl (C=O) groups excluding carboxylic acids is 1. The number of anilines is 1. The van der Waals surface area contributed by atoms with E-state index in [1.54, 1.807) is 17.0 Å². The number of nitrogens with zero attached hydrogens (tertiary/aromatic N) is 3. The highest BCUT2D eigenvalue weighted by Gasteiger charge is 2.23. The second kappa shape index (κ2) is 9.66. The zero-order valence-corrected chi connectivity index (χ0v) is 19.9. The standard InChI is InChI=1S/C23H27N3O4S2/c1-3-17-4-9-20-21(16-17)31-23(24-20)26(11-10-25-12-14-30-15-13-25)22(27)18-5-7-19(8-6-18)32(2,28)29/h4-9,16H,3,10-15H2,1-2H3. The summed E-state index contributed by atoms with van der Waals surface area (Å²) in [6, 6.07) is 12.3. The Bertz CT molecular complexity index is 1200. The van der Waals surface area contributed by atoms with Gasteiger partial charge < -0.3 is 4.74 Å². The maximum Gasteiger partial charge on any atom is 0.260 e. The maximum atomic E-state index is 13.5. The van der Waals surface area contributed by atoms with Crippen LogP contribution in [0.4, 0.5) is 5.13 Å². The number of benzene rings is 2. The molecule has 4 rings (SSSR count). The van der Waals surface area contributed by atoms with Gasteiger partial charge in [-0.25, -0.2) is 13.4 Å². The largest absolute Gasteiger partial charge is 0.379 e. The molecule has 1 aromatic heterocycles. The molecule has 9 heteroatoms. The molecule has 0 unspecified atom stereocenters. The van der Waals surface area contributed by atoms with Crippen LogP contribution in [0.25, 0.3) is 10.2 Å². The fraction of sp³-hybridized carbons (Fsp3) is 0.391. The molecular formula is C23H27N3O4S2. The number of aromatic nitrogens is 1. The third kappa shape index (κ3) is 5.17. The van der Waals surface area contributed by atoms with E-state index < -0.39 is 9.84 Å². The summed E-state index contributed by atoms with van der Waals surface area (Å²) in [5.74, 6) is -0.187. The molecule has 7 nitrogen and oxygen atoms in total. The molecule has 0 bridgehead atoms. The van der Waals surface area contributed by atoms with Crippen LogP contribution in [0.15, 0.2) is 47.4 Å². The Kier molecular flexibility index (Phi) is 6.90. The lowest BCUT2D eigenvalue weighted by molar-refractivity contribution is 0.0391. The SMILES string of the molecule is CCc1ccc2nc(N(CCN3CCOCC3)C(=O)c3ccc(S(C)(=O)=O)cc3)sc2c1. The maximum absolute atomic E-state index is 13.5. The van der Waals surface area contributed by atoms with Gasteiger partial charge in [-0.3, -0.25) is 14.6 Å². The fourth-order valence-corrected chi connectivity index (χ4v) is 5.33. The molecule has 0 N–H and O–H groups in total. The number of morpholine rings is 1. The van der Waals surface area contributed by atoms with Crippen molar-refractivity contribution in [3.05, 3.63) is 53.6 Å². The zero-order valence-electron chi connectivity index (χ0n) is 18.3. The summed E-state index contributed by atoms with van der Waals surface area (Å²) in [5.41, 5.74) is 2.54. The summed E-state index contributed by atoms with van der Waals surface area (Å²) in [5, 5.41) is 0.652. The van der Waals surface area contributed by atoms with E-state index in [1.807, 2.05) is 6.07 Å². The van der Waals surface area contributed by atoms with Gasteiger partial charge in [-0.05, 0) is 48.4 Å². The van der Waals surface area contributed by atoms with Gasteiger partial charge in [0, 0.05) is 38.0 Å². The van der Waals surface area contributed by atoms with Gasteiger partial charge in [0.25, 0.3) is 5.91 Å². The number of thiazole rings is 1. The number of rotatable bonds is 7. The van der Waals surface area contributed by atoms with Crippen LogP contribution >= 0.6 is 11.3 Å². The molecule has 1 aliphatic rings. The molecule has 1 aliphatic heterocycles. The molecule has 0 saturated carbocycles. The van der Waals surface area contributed by atoms with E-state index >= 15 is 0 Å². The van der Waals surface area contributed by atoms with E-state index in [9.17, 15) is 13.2 Å². The molecule has 1 saturated heterocycles. The predicted octanol–water partition coefficient (Wildman–Crippen LogP) is 3.24. The van der Waals surface area contributed by atoms with Crippen molar-refractivity contribution in [3.63, 3.8) is 0 Å².